The average molecular weight is 517 g/mol. The molecule has 0 unspecified atom stereocenters. The summed E-state index contributed by atoms with van der Waals surface area (Å²) in [5, 5.41) is 13.0. The molecule has 144 valence electrons. The van der Waals surface area contributed by atoms with Crippen LogP contribution in [0, 0.1) is 5.41 Å². The van der Waals surface area contributed by atoms with E-state index >= 15 is 0 Å². The monoisotopic (exact) mass is 515 g/mol. The lowest BCUT2D eigenvalue weighted by Gasteiger charge is -2.26. The lowest BCUT2D eigenvalue weighted by Crippen LogP contribution is -2.32. The third-order valence-electron chi connectivity index (χ3n) is 5.90. The zero-order chi connectivity index (χ0) is 20.6. The fourth-order valence-corrected chi connectivity index (χ4v) is 5.84. The lowest BCUT2D eigenvalue weighted by atomic mass is 9.99. The largest absolute Gasteiger partial charge is 0.369 e. The minimum absolute atomic E-state index is 0.00792. The Kier molecular flexibility index (Phi) is 3.77. The van der Waals surface area contributed by atoms with Gasteiger partial charge < -0.3 is 5.73 Å². The first-order valence-corrected chi connectivity index (χ1v) is 11.1. The molecule has 2 aliphatic carbocycles. The first-order chi connectivity index (χ1) is 14.5. The van der Waals surface area contributed by atoms with Crippen LogP contribution in [0.5, 0.6) is 0 Å². The molecule has 0 atom stereocenters. The van der Waals surface area contributed by atoms with Crippen molar-refractivity contribution in [3.8, 4) is 0 Å². The van der Waals surface area contributed by atoms with Crippen molar-refractivity contribution >= 4 is 91.9 Å². The number of nitrogens with zero attached hydrogens (tertiary/aromatic N) is 1. The summed E-state index contributed by atoms with van der Waals surface area (Å²) in [6.07, 6.45) is 4.28. The zero-order valence-electron chi connectivity index (χ0n) is 15.7. The van der Waals surface area contributed by atoms with E-state index in [0.29, 0.717) is 0 Å². The summed E-state index contributed by atoms with van der Waals surface area (Å²) in [7, 11) is 0. The number of hydrogen-bond acceptors (Lipinski definition) is 1. The molecule has 0 fully saturated rings. The Bertz CT molecular complexity index is 1390. The summed E-state index contributed by atoms with van der Waals surface area (Å²) in [4.78, 5) is 1.85. The van der Waals surface area contributed by atoms with E-state index in [9.17, 15) is 0 Å². The van der Waals surface area contributed by atoms with E-state index in [1.165, 1.54) is 33.0 Å². The summed E-state index contributed by atoms with van der Waals surface area (Å²) >= 11 is 7.36. The zero-order valence-corrected chi connectivity index (χ0v) is 18.9. The van der Waals surface area contributed by atoms with Crippen LogP contribution in [0.15, 0.2) is 60.7 Å². The Hall–Kier alpha value is -2.89. The number of rotatable bonds is 2. The van der Waals surface area contributed by atoms with Crippen LogP contribution in [0.2, 0.25) is 0 Å². The number of halogens is 2. The molecule has 0 spiro atoms. The normalized spacial score (nSPS) is 13.7. The van der Waals surface area contributed by atoms with E-state index < -0.39 is 0 Å². The van der Waals surface area contributed by atoms with Crippen molar-refractivity contribution in [2.75, 3.05) is 4.90 Å². The van der Waals surface area contributed by atoms with Crippen molar-refractivity contribution in [3.05, 3.63) is 82.9 Å². The highest BCUT2D eigenvalue weighted by molar-refractivity contribution is 9.15. The first-order valence-electron chi connectivity index (χ1n) is 9.55. The third kappa shape index (κ3) is 2.33. The minimum atomic E-state index is -0.00792. The maximum atomic E-state index is 8.46. The summed E-state index contributed by atoms with van der Waals surface area (Å²) in [6, 6.07) is 20.9. The van der Waals surface area contributed by atoms with Gasteiger partial charge in [-0.2, -0.15) is 0 Å². The Morgan fingerprint density at radius 1 is 0.700 bits per heavy atom. The van der Waals surface area contributed by atoms with Gasteiger partial charge in [0.2, 0.25) is 0 Å². The van der Waals surface area contributed by atoms with Crippen LogP contribution >= 0.6 is 31.9 Å². The Morgan fingerprint density at radius 3 is 1.60 bits per heavy atom. The molecule has 0 radical (unpaired) electrons. The second kappa shape index (κ2) is 6.30. The van der Waals surface area contributed by atoms with E-state index in [0.717, 1.165) is 31.1 Å². The molecule has 3 N–H and O–H groups in total. The molecule has 0 saturated carbocycles. The van der Waals surface area contributed by atoms with E-state index in [2.05, 4.69) is 105 Å². The lowest BCUT2D eigenvalue weighted by molar-refractivity contribution is 1.27. The van der Waals surface area contributed by atoms with Crippen LogP contribution < -0.4 is 10.6 Å². The molecular formula is C25H15Br2N3. The number of nitrogens with one attached hydrogen (secondary N) is 1. The van der Waals surface area contributed by atoms with Crippen LogP contribution in [0.4, 0.5) is 11.4 Å². The Labute approximate surface area is 190 Å². The molecule has 0 heterocycles. The fraction of sp³-hybridized carbons (Fsp3) is 0. The second-order valence-corrected chi connectivity index (χ2v) is 9.22. The standard InChI is InChI=1S/C25H15Br2N3/c26-19-11-13-7-9-21(17-5-1-3-15(19)23(13)17)30(25(28)29)22-10-8-14-12-20(27)16-4-2-6-18(22)24(14)16/h1-12H,(H3,28,29). The van der Waals surface area contributed by atoms with Gasteiger partial charge in [0.1, 0.15) is 0 Å². The highest BCUT2D eigenvalue weighted by Gasteiger charge is 2.24. The molecule has 30 heavy (non-hydrogen) atoms. The van der Waals surface area contributed by atoms with Gasteiger partial charge in [-0.05, 0) is 57.3 Å². The Morgan fingerprint density at radius 2 is 1.17 bits per heavy atom. The summed E-state index contributed by atoms with van der Waals surface area (Å²) in [5.41, 5.74) is 12.7. The molecule has 0 aliphatic heterocycles. The SMILES string of the molecule is N=C(N)N(c1ccc2c3c(cccc13)C(Br)=C2)c1ccc2c3c(cccc13)C(Br)=C2. The molecule has 0 amide bonds. The molecule has 2 aliphatic rings. The van der Waals surface area contributed by atoms with Gasteiger partial charge in [0.15, 0.2) is 5.96 Å². The Balaban J connectivity index is 1.66. The van der Waals surface area contributed by atoms with E-state index in [1.807, 2.05) is 4.90 Å². The van der Waals surface area contributed by atoms with Gasteiger partial charge in [-0.15, -0.1) is 0 Å². The van der Waals surface area contributed by atoms with Gasteiger partial charge in [-0.3, -0.25) is 10.3 Å². The first kappa shape index (κ1) is 17.9. The van der Waals surface area contributed by atoms with Gasteiger partial charge in [0.05, 0.1) is 11.4 Å². The maximum absolute atomic E-state index is 8.46. The fourth-order valence-electron chi connectivity index (χ4n) is 4.68. The van der Waals surface area contributed by atoms with E-state index in [4.69, 9.17) is 11.1 Å². The predicted molar refractivity (Wildman–Crippen MR) is 136 cm³/mol. The summed E-state index contributed by atoms with van der Waals surface area (Å²) in [6.45, 7) is 0. The van der Waals surface area contributed by atoms with E-state index in [1.54, 1.807) is 0 Å². The van der Waals surface area contributed by atoms with Crippen molar-refractivity contribution in [3.63, 3.8) is 0 Å². The van der Waals surface area contributed by atoms with Gasteiger partial charge in [0, 0.05) is 19.7 Å². The number of hydrogen-bond donors (Lipinski definition) is 2. The molecule has 3 nitrogen and oxygen atoms in total. The number of nitrogens with two attached hydrogens (primary N) is 1. The molecule has 0 bridgehead atoms. The van der Waals surface area contributed by atoms with Crippen molar-refractivity contribution in [2.24, 2.45) is 5.73 Å². The van der Waals surface area contributed by atoms with Gasteiger partial charge in [0.25, 0.3) is 0 Å². The predicted octanol–water partition coefficient (Wildman–Crippen LogP) is 7.44. The van der Waals surface area contributed by atoms with Crippen molar-refractivity contribution in [2.45, 2.75) is 0 Å². The molecule has 6 rings (SSSR count). The van der Waals surface area contributed by atoms with Gasteiger partial charge in [-0.1, -0.05) is 80.4 Å². The quantitative estimate of drug-likeness (QED) is 0.215. The minimum Gasteiger partial charge on any atom is -0.369 e. The topological polar surface area (TPSA) is 53.1 Å². The smallest absolute Gasteiger partial charge is 0.197 e. The average Bonchev–Trinajstić information content (AvgIpc) is 3.24. The molecule has 0 saturated heterocycles. The molecular weight excluding hydrogens is 502 g/mol. The third-order valence-corrected chi connectivity index (χ3v) is 7.21. The maximum Gasteiger partial charge on any atom is 0.197 e. The van der Waals surface area contributed by atoms with E-state index in [-0.39, 0.29) is 5.96 Å². The number of guanidine groups is 1. The molecule has 0 aromatic heterocycles. The van der Waals surface area contributed by atoms with Crippen LogP contribution in [0.3, 0.4) is 0 Å². The van der Waals surface area contributed by atoms with Crippen LogP contribution in [0.1, 0.15) is 22.3 Å². The second-order valence-electron chi connectivity index (χ2n) is 7.51. The van der Waals surface area contributed by atoms with Crippen molar-refractivity contribution < 1.29 is 0 Å². The van der Waals surface area contributed by atoms with Gasteiger partial charge in [-0.25, -0.2) is 0 Å². The molecule has 5 heteroatoms. The van der Waals surface area contributed by atoms with Crippen LogP contribution in [0.25, 0.3) is 42.7 Å². The van der Waals surface area contributed by atoms with Gasteiger partial charge >= 0.3 is 0 Å². The summed E-state index contributed by atoms with van der Waals surface area (Å²) in [5.74, 6) is -0.00792. The summed E-state index contributed by atoms with van der Waals surface area (Å²) < 4.78 is 2.16. The number of benzene rings is 4. The highest BCUT2D eigenvalue weighted by Crippen LogP contribution is 2.47. The van der Waals surface area contributed by atoms with Crippen molar-refractivity contribution in [1.29, 1.82) is 5.41 Å². The molecule has 4 aromatic rings. The van der Waals surface area contributed by atoms with Crippen molar-refractivity contribution in [1.82, 2.24) is 0 Å². The number of anilines is 2. The highest BCUT2D eigenvalue weighted by atomic mass is 79.9. The van der Waals surface area contributed by atoms with Crippen LogP contribution in [-0.4, -0.2) is 5.96 Å². The van der Waals surface area contributed by atoms with Crippen LogP contribution in [-0.2, 0) is 0 Å². The molecule has 4 aromatic carbocycles.